The van der Waals surface area contributed by atoms with Crippen LogP contribution in [0.4, 0.5) is 0 Å². The minimum Gasteiger partial charge on any atom is -0.472 e. The van der Waals surface area contributed by atoms with Crippen LogP contribution in [0.25, 0.3) is 0 Å². The molecule has 0 saturated carbocycles. The van der Waals surface area contributed by atoms with Crippen molar-refractivity contribution in [3.8, 4) is 0 Å². The van der Waals surface area contributed by atoms with Crippen LogP contribution in [-0.2, 0) is 10.3 Å². The van der Waals surface area contributed by atoms with Gasteiger partial charge in [-0.15, -0.1) is 0 Å². The summed E-state index contributed by atoms with van der Waals surface area (Å²) < 4.78 is 5.95. The van der Waals surface area contributed by atoms with Gasteiger partial charge in [0.2, 0.25) is 0 Å². The van der Waals surface area contributed by atoms with Gasteiger partial charge < -0.3 is 4.74 Å². The average Bonchev–Trinajstić information content (AvgIpc) is 3.10. The van der Waals surface area contributed by atoms with Crippen molar-refractivity contribution in [2.24, 2.45) is 4.99 Å². The molecule has 3 aromatic carbocycles. The molecule has 0 N–H and O–H groups in total. The Bertz CT molecular complexity index is 758. The fraction of sp³-hybridized carbons (Fsp3) is 0.0952. The molecule has 2 atom stereocenters. The molecule has 0 fully saturated rings. The Labute approximate surface area is 136 Å². The van der Waals surface area contributed by atoms with Gasteiger partial charge in [0.05, 0.1) is 0 Å². The minimum absolute atomic E-state index is 0.207. The van der Waals surface area contributed by atoms with Crippen LogP contribution in [0, 0.1) is 12.1 Å². The van der Waals surface area contributed by atoms with Gasteiger partial charge in [-0.3, -0.25) is 0 Å². The van der Waals surface area contributed by atoms with Crippen LogP contribution >= 0.6 is 0 Å². The minimum atomic E-state index is -0.586. The van der Waals surface area contributed by atoms with Crippen molar-refractivity contribution in [3.05, 3.63) is 108 Å². The number of hydrogen-bond donors (Lipinski definition) is 0. The second kappa shape index (κ2) is 5.73. The molecule has 0 amide bonds. The summed E-state index contributed by atoms with van der Waals surface area (Å²) in [6, 6.07) is 32.3. The van der Waals surface area contributed by atoms with Crippen molar-refractivity contribution in [1.82, 2.24) is 0 Å². The zero-order chi connectivity index (χ0) is 15.5. The Hall–Kier alpha value is -2.87. The number of ether oxygens (including phenoxy) is 1. The summed E-state index contributed by atoms with van der Waals surface area (Å²) in [5, 5.41) is 0. The molecule has 4 rings (SSSR count). The van der Waals surface area contributed by atoms with E-state index >= 15 is 0 Å². The maximum atomic E-state index is 5.95. The molecule has 1 aliphatic heterocycles. The standard InChI is InChI=1S/C21H15NO/c1-4-10-17(11-5-1)20-21(22-16-23-20,18-12-6-2-7-13-18)19-14-8-3-9-15-19/h2,4-16,20H. The molecule has 2 radical (unpaired) electrons. The summed E-state index contributed by atoms with van der Waals surface area (Å²) in [4.78, 5) is 4.79. The van der Waals surface area contributed by atoms with Crippen LogP contribution in [0.3, 0.4) is 0 Å². The van der Waals surface area contributed by atoms with Gasteiger partial charge in [-0.1, -0.05) is 78.9 Å². The van der Waals surface area contributed by atoms with Gasteiger partial charge in [0.15, 0.2) is 18.0 Å². The first-order valence-corrected chi connectivity index (χ1v) is 7.58. The van der Waals surface area contributed by atoms with Crippen molar-refractivity contribution in [2.75, 3.05) is 0 Å². The van der Waals surface area contributed by atoms with Crippen molar-refractivity contribution < 1.29 is 4.74 Å². The lowest BCUT2D eigenvalue weighted by atomic mass is 9.76. The number of nitrogens with zero attached hydrogens (tertiary/aromatic N) is 1. The molecule has 0 saturated heterocycles. The van der Waals surface area contributed by atoms with Gasteiger partial charge >= 0.3 is 0 Å². The number of benzene rings is 3. The molecule has 23 heavy (non-hydrogen) atoms. The highest BCUT2D eigenvalue weighted by molar-refractivity contribution is 5.59. The number of aliphatic imine (C=N–C) groups is 1. The van der Waals surface area contributed by atoms with E-state index in [1.54, 1.807) is 6.40 Å². The SMILES string of the molecule is [c]1ccc(C2OC=NC2(c2cc[c]cc2)c2ccccc2)cc1. The zero-order valence-electron chi connectivity index (χ0n) is 12.5. The predicted octanol–water partition coefficient (Wildman–Crippen LogP) is 4.33. The highest BCUT2D eigenvalue weighted by atomic mass is 16.5. The van der Waals surface area contributed by atoms with Gasteiger partial charge in [-0.2, -0.15) is 0 Å². The van der Waals surface area contributed by atoms with Gasteiger partial charge in [-0.05, 0) is 28.8 Å². The Balaban J connectivity index is 1.94. The maximum Gasteiger partial charge on any atom is 0.171 e. The fourth-order valence-corrected chi connectivity index (χ4v) is 3.19. The van der Waals surface area contributed by atoms with E-state index in [0.717, 1.165) is 16.7 Å². The second-order valence-corrected chi connectivity index (χ2v) is 5.51. The molecule has 1 heterocycles. The predicted molar refractivity (Wildman–Crippen MR) is 90.1 cm³/mol. The molecule has 110 valence electrons. The van der Waals surface area contributed by atoms with Gasteiger partial charge in [0.25, 0.3) is 0 Å². The average molecular weight is 297 g/mol. The molecular formula is C21H15NO. The molecule has 0 spiro atoms. The van der Waals surface area contributed by atoms with Crippen LogP contribution < -0.4 is 0 Å². The first-order chi connectivity index (χ1) is 11.4. The van der Waals surface area contributed by atoms with E-state index in [1.807, 2.05) is 54.6 Å². The largest absolute Gasteiger partial charge is 0.472 e. The fourth-order valence-electron chi connectivity index (χ4n) is 3.19. The third-order valence-corrected chi connectivity index (χ3v) is 4.25. The van der Waals surface area contributed by atoms with E-state index < -0.39 is 5.54 Å². The van der Waals surface area contributed by atoms with Crippen LogP contribution in [0.1, 0.15) is 22.8 Å². The first kappa shape index (κ1) is 13.8. The molecular weight excluding hydrogens is 282 g/mol. The molecule has 1 aliphatic rings. The van der Waals surface area contributed by atoms with E-state index in [9.17, 15) is 0 Å². The Morgan fingerprint density at radius 3 is 2.09 bits per heavy atom. The Morgan fingerprint density at radius 2 is 1.39 bits per heavy atom. The summed E-state index contributed by atoms with van der Waals surface area (Å²) in [6.45, 7) is 0. The lowest BCUT2D eigenvalue weighted by Crippen LogP contribution is -2.30. The van der Waals surface area contributed by atoms with E-state index in [1.165, 1.54) is 0 Å². The Kier molecular flexibility index (Phi) is 3.43. The van der Waals surface area contributed by atoms with E-state index in [4.69, 9.17) is 9.73 Å². The molecule has 2 heteroatoms. The maximum absolute atomic E-state index is 5.95. The summed E-state index contributed by atoms with van der Waals surface area (Å²) in [5.41, 5.74) is 2.70. The quantitative estimate of drug-likeness (QED) is 0.705. The zero-order valence-corrected chi connectivity index (χ0v) is 12.5. The number of hydrogen-bond acceptors (Lipinski definition) is 2. The van der Waals surface area contributed by atoms with Crippen molar-refractivity contribution in [1.29, 1.82) is 0 Å². The smallest absolute Gasteiger partial charge is 0.171 e. The highest BCUT2D eigenvalue weighted by Gasteiger charge is 2.47. The van der Waals surface area contributed by atoms with E-state index in [-0.39, 0.29) is 6.10 Å². The normalized spacial score (nSPS) is 18.5. The topological polar surface area (TPSA) is 21.6 Å². The van der Waals surface area contributed by atoms with Crippen LogP contribution in [0.5, 0.6) is 0 Å². The van der Waals surface area contributed by atoms with Crippen LogP contribution in [-0.4, -0.2) is 6.40 Å². The molecule has 0 aliphatic carbocycles. The van der Waals surface area contributed by atoms with Gasteiger partial charge in [-0.25, -0.2) is 4.99 Å². The van der Waals surface area contributed by atoms with Crippen molar-refractivity contribution in [3.63, 3.8) is 0 Å². The van der Waals surface area contributed by atoms with Gasteiger partial charge in [0, 0.05) is 0 Å². The lowest BCUT2D eigenvalue weighted by molar-refractivity contribution is 0.165. The van der Waals surface area contributed by atoms with E-state index in [2.05, 4.69) is 36.4 Å². The van der Waals surface area contributed by atoms with Crippen LogP contribution in [0.2, 0.25) is 0 Å². The third kappa shape index (κ3) is 2.23. The monoisotopic (exact) mass is 297 g/mol. The van der Waals surface area contributed by atoms with E-state index in [0.29, 0.717) is 0 Å². The summed E-state index contributed by atoms with van der Waals surface area (Å²) in [6.07, 6.45) is 1.37. The lowest BCUT2D eigenvalue weighted by Gasteiger charge is -2.33. The summed E-state index contributed by atoms with van der Waals surface area (Å²) >= 11 is 0. The molecule has 0 aromatic heterocycles. The molecule has 0 bridgehead atoms. The van der Waals surface area contributed by atoms with Crippen molar-refractivity contribution >= 4 is 6.40 Å². The van der Waals surface area contributed by atoms with Crippen LogP contribution in [0.15, 0.2) is 83.9 Å². The number of rotatable bonds is 3. The summed E-state index contributed by atoms with van der Waals surface area (Å²) in [7, 11) is 0. The second-order valence-electron chi connectivity index (χ2n) is 5.51. The Morgan fingerprint density at radius 1 is 0.783 bits per heavy atom. The molecule has 2 nitrogen and oxygen atoms in total. The molecule has 3 aromatic rings. The molecule has 2 unspecified atom stereocenters. The van der Waals surface area contributed by atoms with Crippen molar-refractivity contribution in [2.45, 2.75) is 11.6 Å². The highest BCUT2D eigenvalue weighted by Crippen LogP contribution is 2.48. The first-order valence-electron chi connectivity index (χ1n) is 7.58. The summed E-state index contributed by atoms with van der Waals surface area (Å²) in [5.74, 6) is 0. The third-order valence-electron chi connectivity index (χ3n) is 4.25. The van der Waals surface area contributed by atoms with Gasteiger partial charge in [0.1, 0.15) is 0 Å².